The molecule has 11 aromatic rings. The zero-order valence-corrected chi connectivity index (χ0v) is 31.0. The van der Waals surface area contributed by atoms with Crippen molar-refractivity contribution in [3.05, 3.63) is 212 Å². The molecule has 0 saturated heterocycles. The van der Waals surface area contributed by atoms with Crippen molar-refractivity contribution in [1.82, 2.24) is 0 Å². The summed E-state index contributed by atoms with van der Waals surface area (Å²) in [4.78, 5) is 2.33. The van der Waals surface area contributed by atoms with E-state index in [1.165, 1.54) is 22.3 Å². The summed E-state index contributed by atoms with van der Waals surface area (Å²) in [5.41, 5.74) is 15.9. The second-order valence-corrected chi connectivity index (χ2v) is 14.5. The van der Waals surface area contributed by atoms with Crippen molar-refractivity contribution in [3.63, 3.8) is 0 Å². The molecule has 0 atom stereocenters. The molecule has 0 aliphatic rings. The van der Waals surface area contributed by atoms with E-state index in [0.29, 0.717) is 0 Å². The van der Waals surface area contributed by atoms with E-state index in [1.54, 1.807) is 0 Å². The van der Waals surface area contributed by atoms with Gasteiger partial charge in [-0.05, 0) is 99.6 Å². The van der Waals surface area contributed by atoms with E-state index in [-0.39, 0.29) is 0 Å². The van der Waals surface area contributed by atoms with E-state index in [4.69, 9.17) is 8.83 Å². The Morgan fingerprint density at radius 3 is 1.28 bits per heavy atom. The van der Waals surface area contributed by atoms with E-state index >= 15 is 0 Å². The van der Waals surface area contributed by atoms with Gasteiger partial charge in [0, 0.05) is 44.2 Å². The van der Waals surface area contributed by atoms with E-state index in [9.17, 15) is 0 Å². The summed E-state index contributed by atoms with van der Waals surface area (Å²) in [5, 5.41) is 4.34. The SMILES string of the molecule is c1ccc(-c2ccc(N(c3ccc(-c4ccccc4)cc3)c3ccc(-c4ccc5c(oc6ccc7oc8ccccc8c7c65)c4-c4ccccc4)cc3)cc2)cc1. The molecule has 3 nitrogen and oxygen atoms in total. The average molecular weight is 730 g/mol. The van der Waals surface area contributed by atoms with Crippen LogP contribution in [-0.4, -0.2) is 0 Å². The third kappa shape index (κ3) is 5.68. The highest BCUT2D eigenvalue weighted by atomic mass is 16.3. The van der Waals surface area contributed by atoms with Gasteiger partial charge in [0.25, 0.3) is 0 Å². The molecule has 3 heteroatoms. The Morgan fingerprint density at radius 1 is 0.281 bits per heavy atom. The molecule has 0 saturated carbocycles. The lowest BCUT2D eigenvalue weighted by Gasteiger charge is -2.26. The van der Waals surface area contributed by atoms with Crippen molar-refractivity contribution >= 4 is 60.9 Å². The third-order valence-corrected chi connectivity index (χ3v) is 11.1. The zero-order chi connectivity index (χ0) is 37.7. The summed E-state index contributed by atoms with van der Waals surface area (Å²) in [5.74, 6) is 0. The number of benzene rings is 9. The van der Waals surface area contributed by atoms with Gasteiger partial charge in [-0.25, -0.2) is 0 Å². The number of hydrogen-bond donors (Lipinski definition) is 0. The van der Waals surface area contributed by atoms with Gasteiger partial charge in [0.1, 0.15) is 22.3 Å². The predicted octanol–water partition coefficient (Wildman–Crippen LogP) is 15.6. The van der Waals surface area contributed by atoms with E-state index in [0.717, 1.165) is 83.2 Å². The monoisotopic (exact) mass is 729 g/mol. The summed E-state index contributed by atoms with van der Waals surface area (Å²) in [6.07, 6.45) is 0. The van der Waals surface area contributed by atoms with E-state index in [1.807, 2.05) is 24.3 Å². The molecule has 0 spiro atoms. The topological polar surface area (TPSA) is 29.5 Å². The van der Waals surface area contributed by atoms with Crippen molar-refractivity contribution in [2.24, 2.45) is 0 Å². The molecular weight excluding hydrogens is 695 g/mol. The van der Waals surface area contributed by atoms with Crippen molar-refractivity contribution in [3.8, 4) is 44.5 Å². The third-order valence-electron chi connectivity index (χ3n) is 11.1. The number of hydrogen-bond acceptors (Lipinski definition) is 3. The molecule has 57 heavy (non-hydrogen) atoms. The fourth-order valence-corrected chi connectivity index (χ4v) is 8.38. The van der Waals surface area contributed by atoms with Gasteiger partial charge in [-0.3, -0.25) is 0 Å². The standard InChI is InChI=1S/C54H35NO2/c1-4-12-36(13-5-1)38-20-26-42(27-21-38)55(43-28-22-39(23-29-43)37-14-6-2-7-15-37)44-30-24-40(25-31-44)45-32-33-47-53-50(57-54(47)51(45)41-16-8-3-9-17-41)35-34-49-52(53)46-18-10-11-19-48(46)56-49/h1-35H. The Balaban J connectivity index is 1.04. The van der Waals surface area contributed by atoms with E-state index < -0.39 is 0 Å². The highest BCUT2D eigenvalue weighted by Crippen LogP contribution is 2.46. The smallest absolute Gasteiger partial charge is 0.143 e. The largest absolute Gasteiger partial charge is 0.456 e. The van der Waals surface area contributed by atoms with Crippen LogP contribution in [0.5, 0.6) is 0 Å². The second-order valence-electron chi connectivity index (χ2n) is 14.5. The van der Waals surface area contributed by atoms with Gasteiger partial charge in [0.15, 0.2) is 0 Å². The van der Waals surface area contributed by atoms with Gasteiger partial charge in [-0.1, -0.05) is 152 Å². The van der Waals surface area contributed by atoms with Gasteiger partial charge in [0.2, 0.25) is 0 Å². The Kier molecular flexibility index (Phi) is 7.82. The van der Waals surface area contributed by atoms with Crippen molar-refractivity contribution < 1.29 is 8.83 Å². The van der Waals surface area contributed by atoms with E-state index in [2.05, 4.69) is 193 Å². The van der Waals surface area contributed by atoms with Crippen molar-refractivity contribution in [2.45, 2.75) is 0 Å². The molecule has 2 heterocycles. The maximum Gasteiger partial charge on any atom is 0.143 e. The fraction of sp³-hybridized carbons (Fsp3) is 0. The molecule has 0 N–H and O–H groups in total. The minimum absolute atomic E-state index is 0.848. The number of nitrogens with zero attached hydrogens (tertiary/aromatic N) is 1. The second kappa shape index (κ2) is 13.6. The lowest BCUT2D eigenvalue weighted by atomic mass is 9.92. The number of furan rings is 2. The number of fused-ring (bicyclic) bond motifs is 7. The van der Waals surface area contributed by atoms with Crippen molar-refractivity contribution in [2.75, 3.05) is 4.90 Å². The summed E-state index contributed by atoms with van der Waals surface area (Å²) in [6, 6.07) is 75.0. The first-order chi connectivity index (χ1) is 28.3. The average Bonchev–Trinajstić information content (AvgIpc) is 3.86. The summed E-state index contributed by atoms with van der Waals surface area (Å²) in [7, 11) is 0. The quantitative estimate of drug-likeness (QED) is 0.164. The molecular formula is C54H35NO2. The Labute approximate surface area is 330 Å². The first kappa shape index (κ1) is 32.8. The number of rotatable bonds is 7. The normalized spacial score (nSPS) is 11.5. The molecule has 268 valence electrons. The molecule has 2 aromatic heterocycles. The highest BCUT2D eigenvalue weighted by Gasteiger charge is 2.22. The lowest BCUT2D eigenvalue weighted by molar-refractivity contribution is 0.663. The van der Waals surface area contributed by atoms with Crippen LogP contribution in [0, 0.1) is 0 Å². The Hall–Kier alpha value is -7.62. The molecule has 0 unspecified atom stereocenters. The molecule has 0 bridgehead atoms. The van der Waals surface area contributed by atoms with Crippen LogP contribution >= 0.6 is 0 Å². The van der Waals surface area contributed by atoms with Crippen LogP contribution < -0.4 is 4.90 Å². The molecule has 11 rings (SSSR count). The van der Waals surface area contributed by atoms with Gasteiger partial charge < -0.3 is 13.7 Å². The maximum atomic E-state index is 6.84. The van der Waals surface area contributed by atoms with Crippen LogP contribution in [0.4, 0.5) is 17.1 Å². The van der Waals surface area contributed by atoms with Crippen LogP contribution in [0.15, 0.2) is 221 Å². The minimum atomic E-state index is 0.848. The first-order valence-corrected chi connectivity index (χ1v) is 19.3. The Bertz CT molecular complexity index is 3100. The molecule has 0 aliphatic heterocycles. The predicted molar refractivity (Wildman–Crippen MR) is 237 cm³/mol. The zero-order valence-electron chi connectivity index (χ0n) is 31.0. The Morgan fingerprint density at radius 2 is 0.719 bits per heavy atom. The number of anilines is 3. The highest BCUT2D eigenvalue weighted by molar-refractivity contribution is 6.27. The van der Waals surface area contributed by atoms with Gasteiger partial charge in [0.05, 0.1) is 0 Å². The minimum Gasteiger partial charge on any atom is -0.456 e. The van der Waals surface area contributed by atoms with Crippen LogP contribution in [0.2, 0.25) is 0 Å². The van der Waals surface area contributed by atoms with Crippen LogP contribution in [0.25, 0.3) is 88.4 Å². The molecule has 9 aromatic carbocycles. The van der Waals surface area contributed by atoms with Crippen LogP contribution in [-0.2, 0) is 0 Å². The lowest BCUT2D eigenvalue weighted by Crippen LogP contribution is -2.09. The molecule has 0 aliphatic carbocycles. The van der Waals surface area contributed by atoms with Gasteiger partial charge >= 0.3 is 0 Å². The van der Waals surface area contributed by atoms with Crippen LogP contribution in [0.3, 0.4) is 0 Å². The molecule has 0 amide bonds. The number of para-hydroxylation sites is 1. The molecule has 0 fully saturated rings. The van der Waals surface area contributed by atoms with Gasteiger partial charge in [-0.15, -0.1) is 0 Å². The molecule has 0 radical (unpaired) electrons. The summed E-state index contributed by atoms with van der Waals surface area (Å²) in [6.45, 7) is 0. The maximum absolute atomic E-state index is 6.84. The summed E-state index contributed by atoms with van der Waals surface area (Å²) >= 11 is 0. The summed E-state index contributed by atoms with van der Waals surface area (Å²) < 4.78 is 13.1. The van der Waals surface area contributed by atoms with Crippen molar-refractivity contribution in [1.29, 1.82) is 0 Å². The fourth-order valence-electron chi connectivity index (χ4n) is 8.38. The van der Waals surface area contributed by atoms with Crippen LogP contribution in [0.1, 0.15) is 0 Å². The van der Waals surface area contributed by atoms with Gasteiger partial charge in [-0.2, -0.15) is 0 Å². The first-order valence-electron chi connectivity index (χ1n) is 19.3.